The quantitative estimate of drug-likeness (QED) is 0.542. The molecule has 1 rings (SSSR count). The molecule has 0 aromatic heterocycles. The van der Waals surface area contributed by atoms with Crippen LogP contribution in [0.2, 0.25) is 0 Å². The molecule has 0 heterocycles. The smallest absolute Gasteiger partial charge is 0.347 e. The number of carbonyl (C=O) groups excluding carboxylic acids is 1. The third-order valence-corrected chi connectivity index (χ3v) is 3.52. The number of esters is 1. The minimum atomic E-state index is -0.625. The van der Waals surface area contributed by atoms with Crippen LogP contribution in [0.15, 0.2) is 22.7 Å². The summed E-state index contributed by atoms with van der Waals surface area (Å²) in [7, 11) is 1.67. The molecular formula is C15H22BrNO4. The van der Waals surface area contributed by atoms with Crippen molar-refractivity contribution in [3.8, 4) is 5.75 Å². The van der Waals surface area contributed by atoms with Gasteiger partial charge in [0.25, 0.3) is 0 Å². The second-order valence-electron chi connectivity index (χ2n) is 4.43. The zero-order chi connectivity index (χ0) is 15.7. The maximum Gasteiger partial charge on any atom is 0.347 e. The molecule has 0 aliphatic carbocycles. The molecular weight excluding hydrogens is 338 g/mol. The van der Waals surface area contributed by atoms with Gasteiger partial charge >= 0.3 is 5.97 Å². The fourth-order valence-electron chi connectivity index (χ4n) is 1.67. The van der Waals surface area contributed by atoms with E-state index in [-0.39, 0.29) is 5.97 Å². The summed E-state index contributed by atoms with van der Waals surface area (Å²) in [4.78, 5) is 11.6. The average Bonchev–Trinajstić information content (AvgIpc) is 2.46. The summed E-state index contributed by atoms with van der Waals surface area (Å²) in [6.45, 7) is 5.92. The van der Waals surface area contributed by atoms with Crippen LogP contribution in [-0.4, -0.2) is 38.9 Å². The third-order valence-electron chi connectivity index (χ3n) is 2.75. The first-order valence-electron chi connectivity index (χ1n) is 6.89. The molecule has 21 heavy (non-hydrogen) atoms. The van der Waals surface area contributed by atoms with Crippen LogP contribution in [0.4, 0.5) is 0 Å². The molecule has 0 bridgehead atoms. The predicted octanol–water partition coefficient (Wildman–Crippen LogP) is 2.52. The number of benzene rings is 1. The van der Waals surface area contributed by atoms with Gasteiger partial charge in [-0.25, -0.2) is 4.79 Å². The molecule has 0 radical (unpaired) electrons. The van der Waals surface area contributed by atoms with Gasteiger partial charge in [-0.15, -0.1) is 0 Å². The topological polar surface area (TPSA) is 56.8 Å². The van der Waals surface area contributed by atoms with Crippen LogP contribution < -0.4 is 10.1 Å². The number of carbonyl (C=O) groups is 1. The summed E-state index contributed by atoms with van der Waals surface area (Å²) >= 11 is 3.50. The van der Waals surface area contributed by atoms with Crippen molar-refractivity contribution in [2.45, 2.75) is 26.5 Å². The van der Waals surface area contributed by atoms with E-state index in [1.54, 1.807) is 21.0 Å². The molecule has 1 N–H and O–H groups in total. The number of ether oxygens (including phenoxy) is 3. The van der Waals surface area contributed by atoms with Crippen molar-refractivity contribution < 1.29 is 19.0 Å². The molecule has 5 nitrogen and oxygen atoms in total. The Morgan fingerprint density at radius 3 is 2.86 bits per heavy atom. The lowest BCUT2D eigenvalue weighted by atomic mass is 10.2. The molecule has 0 saturated carbocycles. The zero-order valence-electron chi connectivity index (χ0n) is 12.6. The van der Waals surface area contributed by atoms with E-state index in [1.807, 2.05) is 18.2 Å². The second kappa shape index (κ2) is 9.76. The van der Waals surface area contributed by atoms with Crippen molar-refractivity contribution in [3.05, 3.63) is 28.2 Å². The van der Waals surface area contributed by atoms with E-state index in [4.69, 9.17) is 14.2 Å². The molecule has 0 saturated heterocycles. The van der Waals surface area contributed by atoms with Gasteiger partial charge in [-0.05, 0) is 37.6 Å². The van der Waals surface area contributed by atoms with Crippen molar-refractivity contribution in [1.29, 1.82) is 0 Å². The van der Waals surface area contributed by atoms with Crippen LogP contribution in [0, 0.1) is 0 Å². The van der Waals surface area contributed by atoms with Gasteiger partial charge in [0.2, 0.25) is 0 Å². The number of hydrogen-bond donors (Lipinski definition) is 1. The molecule has 0 fully saturated rings. The van der Waals surface area contributed by atoms with E-state index in [0.29, 0.717) is 25.5 Å². The standard InChI is InChI=1S/C15H22BrNO4/c1-4-20-15(18)11(2)21-13-5-6-14(16)12(9-13)10-17-7-8-19-3/h5-6,9,11,17H,4,7-8,10H2,1-3H3. The highest BCUT2D eigenvalue weighted by Crippen LogP contribution is 2.23. The van der Waals surface area contributed by atoms with Gasteiger partial charge in [0.1, 0.15) is 5.75 Å². The Labute approximate surface area is 134 Å². The fourth-order valence-corrected chi connectivity index (χ4v) is 2.06. The number of nitrogens with one attached hydrogen (secondary N) is 1. The molecule has 0 aliphatic rings. The Kier molecular flexibility index (Phi) is 8.34. The number of halogens is 1. The minimum absolute atomic E-state index is 0.349. The summed E-state index contributed by atoms with van der Waals surface area (Å²) < 4.78 is 16.5. The van der Waals surface area contributed by atoms with Crippen molar-refractivity contribution in [1.82, 2.24) is 5.32 Å². The van der Waals surface area contributed by atoms with Crippen molar-refractivity contribution >= 4 is 21.9 Å². The van der Waals surface area contributed by atoms with E-state index in [1.165, 1.54) is 0 Å². The SMILES string of the molecule is CCOC(=O)C(C)Oc1ccc(Br)c(CNCCOC)c1. The Morgan fingerprint density at radius 2 is 2.19 bits per heavy atom. The molecule has 1 atom stereocenters. The highest BCUT2D eigenvalue weighted by atomic mass is 79.9. The van der Waals surface area contributed by atoms with E-state index in [2.05, 4.69) is 21.2 Å². The average molecular weight is 360 g/mol. The highest BCUT2D eigenvalue weighted by molar-refractivity contribution is 9.10. The fraction of sp³-hybridized carbons (Fsp3) is 0.533. The third kappa shape index (κ3) is 6.46. The lowest BCUT2D eigenvalue weighted by Crippen LogP contribution is -2.26. The molecule has 0 spiro atoms. The van der Waals surface area contributed by atoms with E-state index >= 15 is 0 Å². The van der Waals surface area contributed by atoms with Crippen LogP contribution >= 0.6 is 15.9 Å². The van der Waals surface area contributed by atoms with Gasteiger partial charge in [-0.3, -0.25) is 0 Å². The Morgan fingerprint density at radius 1 is 1.43 bits per heavy atom. The van der Waals surface area contributed by atoms with Crippen LogP contribution in [0.25, 0.3) is 0 Å². The molecule has 118 valence electrons. The lowest BCUT2D eigenvalue weighted by molar-refractivity contribution is -0.150. The number of hydrogen-bond acceptors (Lipinski definition) is 5. The van der Waals surface area contributed by atoms with Crippen LogP contribution in [-0.2, 0) is 20.8 Å². The van der Waals surface area contributed by atoms with Crippen molar-refractivity contribution in [2.24, 2.45) is 0 Å². The highest BCUT2D eigenvalue weighted by Gasteiger charge is 2.16. The van der Waals surface area contributed by atoms with Crippen LogP contribution in [0.5, 0.6) is 5.75 Å². The minimum Gasteiger partial charge on any atom is -0.479 e. The van der Waals surface area contributed by atoms with Crippen molar-refractivity contribution in [2.75, 3.05) is 26.9 Å². The normalized spacial score (nSPS) is 12.0. The monoisotopic (exact) mass is 359 g/mol. The van der Waals surface area contributed by atoms with Gasteiger partial charge in [0.15, 0.2) is 6.10 Å². The van der Waals surface area contributed by atoms with E-state index in [9.17, 15) is 4.79 Å². The summed E-state index contributed by atoms with van der Waals surface area (Å²) in [6.07, 6.45) is -0.625. The Bertz CT molecular complexity index is 453. The zero-order valence-corrected chi connectivity index (χ0v) is 14.2. The van der Waals surface area contributed by atoms with Gasteiger partial charge < -0.3 is 19.5 Å². The van der Waals surface area contributed by atoms with Gasteiger partial charge in [0, 0.05) is 24.7 Å². The molecule has 0 amide bonds. The first kappa shape index (κ1) is 17.9. The van der Waals surface area contributed by atoms with E-state index < -0.39 is 6.10 Å². The number of methoxy groups -OCH3 is 1. The maximum absolute atomic E-state index is 11.6. The largest absolute Gasteiger partial charge is 0.479 e. The second-order valence-corrected chi connectivity index (χ2v) is 5.29. The van der Waals surface area contributed by atoms with Crippen molar-refractivity contribution in [3.63, 3.8) is 0 Å². The first-order valence-corrected chi connectivity index (χ1v) is 7.69. The Balaban J connectivity index is 2.61. The number of rotatable bonds is 9. The van der Waals surface area contributed by atoms with Crippen LogP contribution in [0.1, 0.15) is 19.4 Å². The van der Waals surface area contributed by atoms with Gasteiger partial charge in [-0.2, -0.15) is 0 Å². The molecule has 1 aromatic carbocycles. The van der Waals surface area contributed by atoms with Gasteiger partial charge in [-0.1, -0.05) is 15.9 Å². The first-order chi connectivity index (χ1) is 10.1. The summed E-state index contributed by atoms with van der Waals surface area (Å²) in [5, 5.41) is 3.26. The molecule has 1 aromatic rings. The summed E-state index contributed by atoms with van der Waals surface area (Å²) in [5.41, 5.74) is 1.06. The van der Waals surface area contributed by atoms with E-state index in [0.717, 1.165) is 16.6 Å². The summed E-state index contributed by atoms with van der Waals surface area (Å²) in [6, 6.07) is 5.62. The lowest BCUT2D eigenvalue weighted by Gasteiger charge is -2.15. The summed E-state index contributed by atoms with van der Waals surface area (Å²) in [5.74, 6) is 0.280. The predicted molar refractivity (Wildman–Crippen MR) is 84.4 cm³/mol. The van der Waals surface area contributed by atoms with Gasteiger partial charge in [0.05, 0.1) is 13.2 Å². The molecule has 1 unspecified atom stereocenters. The Hall–Kier alpha value is -1.11. The molecule has 6 heteroatoms. The van der Waals surface area contributed by atoms with Crippen LogP contribution in [0.3, 0.4) is 0 Å². The molecule has 0 aliphatic heterocycles. The maximum atomic E-state index is 11.6.